The number of hydrogen-bond donors (Lipinski definition) is 1. The van der Waals surface area contributed by atoms with E-state index in [-0.39, 0.29) is 25.6 Å². The number of halogens is 1. The van der Waals surface area contributed by atoms with Crippen LogP contribution < -0.4 is 0 Å². The predicted octanol–water partition coefficient (Wildman–Crippen LogP) is 1.09. The fourth-order valence-electron chi connectivity index (χ4n) is 1.71. The Hall–Kier alpha value is -1.47. The lowest BCUT2D eigenvalue weighted by Crippen LogP contribution is -2.39. The second kappa shape index (κ2) is 7.96. The number of rotatable bonds is 6. The maximum atomic E-state index is 12.3. The number of ether oxygens (including phenoxy) is 1. The van der Waals surface area contributed by atoms with Gasteiger partial charge in [-0.05, 0) is 22.0 Å². The molecule has 7 heteroatoms. The summed E-state index contributed by atoms with van der Waals surface area (Å²) in [5.74, 6) is -1.15. The highest BCUT2D eigenvalue weighted by Crippen LogP contribution is 2.13. The molecule has 110 valence electrons. The third kappa shape index (κ3) is 4.57. The van der Waals surface area contributed by atoms with E-state index >= 15 is 0 Å². The maximum absolute atomic E-state index is 12.3. The minimum Gasteiger partial charge on any atom is -0.469 e. The van der Waals surface area contributed by atoms with E-state index in [0.717, 1.165) is 0 Å². The molecular formula is C13H17BrN2O4. The third-order valence-electron chi connectivity index (χ3n) is 2.71. The molecule has 0 radical (unpaired) electrons. The van der Waals surface area contributed by atoms with Gasteiger partial charge in [-0.25, -0.2) is 0 Å². The number of nitrogens with zero attached hydrogens (tertiary/aromatic N) is 2. The molecule has 0 aromatic carbocycles. The largest absolute Gasteiger partial charge is 0.469 e. The first kappa shape index (κ1) is 16.6. The monoisotopic (exact) mass is 344 g/mol. The molecular weight excluding hydrogens is 328 g/mol. The maximum Gasteiger partial charge on any atom is 0.310 e. The summed E-state index contributed by atoms with van der Waals surface area (Å²) < 4.78 is 5.32. The van der Waals surface area contributed by atoms with Crippen LogP contribution in [0.15, 0.2) is 22.9 Å². The van der Waals surface area contributed by atoms with Crippen molar-refractivity contribution >= 4 is 27.8 Å². The van der Waals surface area contributed by atoms with Gasteiger partial charge in [-0.2, -0.15) is 0 Å². The molecule has 6 nitrogen and oxygen atoms in total. The van der Waals surface area contributed by atoms with Crippen LogP contribution in [0, 0.1) is 5.92 Å². The topological polar surface area (TPSA) is 79.7 Å². The van der Waals surface area contributed by atoms with Gasteiger partial charge in [0.25, 0.3) is 5.91 Å². The summed E-state index contributed by atoms with van der Waals surface area (Å²) in [5, 5.41) is 9.06. The molecule has 1 aromatic heterocycles. The number of hydrogen-bond acceptors (Lipinski definition) is 5. The molecule has 20 heavy (non-hydrogen) atoms. The zero-order chi connectivity index (χ0) is 15.1. The third-order valence-corrected chi connectivity index (χ3v) is 3.14. The molecule has 0 bridgehead atoms. The van der Waals surface area contributed by atoms with Crippen LogP contribution in [0.5, 0.6) is 0 Å². The zero-order valence-corrected chi connectivity index (χ0v) is 13.0. The van der Waals surface area contributed by atoms with E-state index in [0.29, 0.717) is 10.0 Å². The molecule has 0 spiro atoms. The Labute approximate surface area is 125 Å². The minimum atomic E-state index is -0.462. The van der Waals surface area contributed by atoms with Crippen LogP contribution in [0.25, 0.3) is 0 Å². The number of carbonyl (C=O) groups is 2. The molecule has 0 fully saturated rings. The number of esters is 1. The van der Waals surface area contributed by atoms with E-state index in [4.69, 9.17) is 5.11 Å². The predicted molar refractivity (Wildman–Crippen MR) is 76.1 cm³/mol. The Morgan fingerprint density at radius 1 is 1.50 bits per heavy atom. The standard InChI is InChI=1S/C13H17BrN2O4/c1-9(13(19)20-2)8-16(3-4-17)12(18)10-5-11(14)7-15-6-10/h5-7,9,17H,3-4,8H2,1-2H3. The first-order valence-electron chi connectivity index (χ1n) is 6.08. The number of aromatic nitrogens is 1. The summed E-state index contributed by atoms with van der Waals surface area (Å²) in [6, 6.07) is 1.64. The van der Waals surface area contributed by atoms with E-state index in [1.807, 2.05) is 0 Å². The first-order chi connectivity index (χ1) is 9.49. The van der Waals surface area contributed by atoms with Gasteiger partial charge in [-0.1, -0.05) is 6.92 Å². The van der Waals surface area contributed by atoms with Crippen LogP contribution in [0.1, 0.15) is 17.3 Å². The van der Waals surface area contributed by atoms with Crippen molar-refractivity contribution in [1.29, 1.82) is 0 Å². The molecule has 0 aliphatic rings. The second-order valence-electron chi connectivity index (χ2n) is 4.29. The van der Waals surface area contributed by atoms with E-state index in [2.05, 4.69) is 25.7 Å². The quantitative estimate of drug-likeness (QED) is 0.781. The number of pyridine rings is 1. The second-order valence-corrected chi connectivity index (χ2v) is 5.21. The van der Waals surface area contributed by atoms with Crippen LogP contribution in [0.4, 0.5) is 0 Å². The Balaban J connectivity index is 2.84. The molecule has 1 amide bonds. The summed E-state index contributed by atoms with van der Waals surface area (Å²) >= 11 is 3.25. The molecule has 1 heterocycles. The van der Waals surface area contributed by atoms with Crippen LogP contribution in [-0.2, 0) is 9.53 Å². The first-order valence-corrected chi connectivity index (χ1v) is 6.87. The van der Waals surface area contributed by atoms with Gasteiger partial charge in [0.05, 0.1) is 25.2 Å². The number of amides is 1. The molecule has 0 aliphatic heterocycles. The Morgan fingerprint density at radius 2 is 2.20 bits per heavy atom. The lowest BCUT2D eigenvalue weighted by molar-refractivity contribution is -0.145. The number of aliphatic hydroxyl groups excluding tert-OH is 1. The van der Waals surface area contributed by atoms with Gasteiger partial charge in [0.1, 0.15) is 0 Å². The highest BCUT2D eigenvalue weighted by Gasteiger charge is 2.22. The Kier molecular flexibility index (Phi) is 6.60. The average molecular weight is 345 g/mol. The van der Waals surface area contributed by atoms with E-state index in [1.54, 1.807) is 19.2 Å². The van der Waals surface area contributed by atoms with Gasteiger partial charge in [0.2, 0.25) is 0 Å². The zero-order valence-electron chi connectivity index (χ0n) is 11.4. The van der Waals surface area contributed by atoms with Gasteiger partial charge < -0.3 is 14.7 Å². The molecule has 1 atom stereocenters. The SMILES string of the molecule is COC(=O)C(C)CN(CCO)C(=O)c1cncc(Br)c1. The molecule has 1 aromatic rings. The van der Waals surface area contributed by atoms with E-state index < -0.39 is 11.9 Å². The van der Waals surface area contributed by atoms with Crippen molar-refractivity contribution in [1.82, 2.24) is 9.88 Å². The summed E-state index contributed by atoms with van der Waals surface area (Å²) in [5.41, 5.74) is 0.393. The molecule has 1 rings (SSSR count). The van der Waals surface area contributed by atoms with Crippen LogP contribution in [0.3, 0.4) is 0 Å². The molecule has 1 unspecified atom stereocenters. The number of aliphatic hydroxyl groups is 1. The van der Waals surface area contributed by atoms with Gasteiger partial charge in [-0.3, -0.25) is 14.6 Å². The fourth-order valence-corrected chi connectivity index (χ4v) is 2.08. The molecule has 1 N–H and O–H groups in total. The molecule has 0 saturated heterocycles. The summed E-state index contributed by atoms with van der Waals surface area (Å²) in [7, 11) is 1.30. The van der Waals surface area contributed by atoms with Crippen molar-refractivity contribution in [3.63, 3.8) is 0 Å². The van der Waals surface area contributed by atoms with Crippen LogP contribution >= 0.6 is 15.9 Å². The van der Waals surface area contributed by atoms with Crippen molar-refractivity contribution in [2.45, 2.75) is 6.92 Å². The summed E-state index contributed by atoms with van der Waals surface area (Å²) in [6.07, 6.45) is 3.02. The average Bonchev–Trinajstić information content (AvgIpc) is 2.45. The van der Waals surface area contributed by atoms with Gasteiger partial charge in [0.15, 0.2) is 0 Å². The lowest BCUT2D eigenvalue weighted by atomic mass is 10.1. The molecule has 0 saturated carbocycles. The molecule has 0 aliphatic carbocycles. The van der Waals surface area contributed by atoms with Crippen molar-refractivity contribution in [3.8, 4) is 0 Å². The van der Waals surface area contributed by atoms with Crippen molar-refractivity contribution in [2.24, 2.45) is 5.92 Å². The van der Waals surface area contributed by atoms with E-state index in [9.17, 15) is 9.59 Å². The van der Waals surface area contributed by atoms with Crippen LogP contribution in [-0.4, -0.2) is 53.7 Å². The Bertz CT molecular complexity index is 481. The highest BCUT2D eigenvalue weighted by atomic mass is 79.9. The van der Waals surface area contributed by atoms with Crippen LogP contribution in [0.2, 0.25) is 0 Å². The normalized spacial score (nSPS) is 11.8. The van der Waals surface area contributed by atoms with E-state index in [1.165, 1.54) is 18.2 Å². The number of methoxy groups -OCH3 is 1. The smallest absolute Gasteiger partial charge is 0.310 e. The van der Waals surface area contributed by atoms with Crippen molar-refractivity contribution in [3.05, 3.63) is 28.5 Å². The van der Waals surface area contributed by atoms with Gasteiger partial charge in [0, 0.05) is 30.0 Å². The highest BCUT2D eigenvalue weighted by molar-refractivity contribution is 9.10. The number of carbonyl (C=O) groups excluding carboxylic acids is 2. The fraction of sp³-hybridized carbons (Fsp3) is 0.462. The summed E-state index contributed by atoms with van der Waals surface area (Å²) in [4.78, 5) is 29.1. The summed E-state index contributed by atoms with van der Waals surface area (Å²) in [6.45, 7) is 1.81. The minimum absolute atomic E-state index is 0.146. The van der Waals surface area contributed by atoms with Crippen molar-refractivity contribution < 1.29 is 19.4 Å². The Morgan fingerprint density at radius 3 is 2.75 bits per heavy atom. The van der Waals surface area contributed by atoms with Crippen molar-refractivity contribution in [2.75, 3.05) is 26.8 Å². The van der Waals surface area contributed by atoms with Gasteiger partial charge in [-0.15, -0.1) is 0 Å². The lowest BCUT2D eigenvalue weighted by Gasteiger charge is -2.24. The van der Waals surface area contributed by atoms with Gasteiger partial charge >= 0.3 is 5.97 Å².